The van der Waals surface area contributed by atoms with E-state index >= 15 is 0 Å². The predicted octanol–water partition coefficient (Wildman–Crippen LogP) is 6.50. The molecule has 1 saturated carbocycles. The molecule has 2 aliphatic rings. The third-order valence-corrected chi connectivity index (χ3v) is 9.77. The van der Waals surface area contributed by atoms with Crippen LogP contribution in [0.2, 0.25) is 0 Å². The molecule has 1 saturated heterocycles. The van der Waals surface area contributed by atoms with Crippen LogP contribution in [0, 0.1) is 5.92 Å². The molecule has 0 spiro atoms. The number of rotatable bonds is 4. The van der Waals surface area contributed by atoms with Gasteiger partial charge in [0.2, 0.25) is 0 Å². The van der Waals surface area contributed by atoms with E-state index in [1.807, 2.05) is 0 Å². The average molecular weight is 352 g/mol. The topological polar surface area (TPSA) is 0 Å². The zero-order chi connectivity index (χ0) is 17.1. The van der Waals surface area contributed by atoms with Crippen molar-refractivity contribution in [2.75, 3.05) is 5.75 Å². The van der Waals surface area contributed by atoms with Gasteiger partial charge in [0.15, 0.2) is 0 Å². The third kappa shape index (κ3) is 3.53. The molecule has 0 bridgehead atoms. The van der Waals surface area contributed by atoms with Crippen LogP contribution in [0.4, 0.5) is 0 Å². The van der Waals surface area contributed by atoms with E-state index in [4.69, 9.17) is 0 Å². The Labute approximate surface area is 156 Å². The van der Waals surface area contributed by atoms with Crippen LogP contribution in [0.5, 0.6) is 0 Å². The molecule has 0 N–H and O–H groups in total. The van der Waals surface area contributed by atoms with Gasteiger partial charge in [-0.15, -0.1) is 0 Å². The van der Waals surface area contributed by atoms with Crippen molar-refractivity contribution in [2.45, 2.75) is 61.9 Å². The Morgan fingerprint density at radius 1 is 0.840 bits per heavy atom. The van der Waals surface area contributed by atoms with Gasteiger partial charge in [-0.3, -0.25) is 0 Å². The standard InChI is InChI=1S/C24H31S/c1-2-17-25-23-16-10-9-15-21(23)22(19-11-5-3-6-12-19)18-24(25)20-13-7-4-8-14-20/h3-8,11-14,21-24H,2,9-10,15-18H2,1H3/q+1/t21-,22+,23-,24-,25?/m1/s1. The Morgan fingerprint density at radius 2 is 1.48 bits per heavy atom. The number of fused-ring (bicyclic) bond motifs is 1. The fourth-order valence-electron chi connectivity index (χ4n) is 5.29. The second kappa shape index (κ2) is 7.99. The van der Waals surface area contributed by atoms with Gasteiger partial charge < -0.3 is 0 Å². The average Bonchev–Trinajstić information content (AvgIpc) is 2.70. The largest absolute Gasteiger partial charge is 0.144 e. The smallest absolute Gasteiger partial charge is 0.0622 e. The van der Waals surface area contributed by atoms with Gasteiger partial charge in [-0.05, 0) is 48.1 Å². The zero-order valence-electron chi connectivity index (χ0n) is 15.4. The van der Waals surface area contributed by atoms with Crippen LogP contribution in [-0.4, -0.2) is 11.0 Å². The summed E-state index contributed by atoms with van der Waals surface area (Å²) in [6, 6.07) is 22.9. The summed E-state index contributed by atoms with van der Waals surface area (Å²) in [7, 11) is 0.556. The van der Waals surface area contributed by atoms with Crippen molar-refractivity contribution in [3.05, 3.63) is 71.8 Å². The van der Waals surface area contributed by atoms with Gasteiger partial charge >= 0.3 is 0 Å². The summed E-state index contributed by atoms with van der Waals surface area (Å²) in [5.41, 5.74) is 3.20. The van der Waals surface area contributed by atoms with Crippen LogP contribution in [-0.2, 0) is 10.9 Å². The minimum absolute atomic E-state index is 0.556. The Morgan fingerprint density at radius 3 is 2.16 bits per heavy atom. The summed E-state index contributed by atoms with van der Waals surface area (Å²) in [6.07, 6.45) is 8.53. The fraction of sp³-hybridized carbons (Fsp3) is 0.500. The maximum Gasteiger partial charge on any atom is 0.144 e. The van der Waals surface area contributed by atoms with E-state index in [9.17, 15) is 0 Å². The molecule has 0 radical (unpaired) electrons. The van der Waals surface area contributed by atoms with E-state index in [1.54, 1.807) is 11.1 Å². The summed E-state index contributed by atoms with van der Waals surface area (Å²) in [4.78, 5) is 0. The molecule has 0 nitrogen and oxygen atoms in total. The lowest BCUT2D eigenvalue weighted by molar-refractivity contribution is 0.286. The zero-order valence-corrected chi connectivity index (χ0v) is 16.3. The molecule has 1 aliphatic heterocycles. The van der Waals surface area contributed by atoms with E-state index in [1.165, 1.54) is 44.3 Å². The summed E-state index contributed by atoms with van der Waals surface area (Å²) in [5.74, 6) is 3.12. The highest BCUT2D eigenvalue weighted by molar-refractivity contribution is 7.97. The van der Waals surface area contributed by atoms with Crippen LogP contribution in [0.3, 0.4) is 0 Å². The molecule has 2 aromatic rings. The summed E-state index contributed by atoms with van der Waals surface area (Å²) in [6.45, 7) is 2.39. The Hall–Kier alpha value is -1.21. The lowest BCUT2D eigenvalue weighted by Gasteiger charge is -2.44. The first-order valence-corrected chi connectivity index (χ1v) is 11.7. The second-order valence-corrected chi connectivity index (χ2v) is 10.3. The highest BCUT2D eigenvalue weighted by Crippen LogP contribution is 2.53. The van der Waals surface area contributed by atoms with Crippen molar-refractivity contribution in [2.24, 2.45) is 5.92 Å². The lowest BCUT2D eigenvalue weighted by atomic mass is 9.73. The first-order chi connectivity index (χ1) is 12.4. The van der Waals surface area contributed by atoms with Crippen LogP contribution < -0.4 is 0 Å². The first kappa shape index (κ1) is 17.2. The molecule has 2 fully saturated rings. The maximum absolute atomic E-state index is 2.39. The van der Waals surface area contributed by atoms with Crippen molar-refractivity contribution in [3.8, 4) is 0 Å². The predicted molar refractivity (Wildman–Crippen MR) is 111 cm³/mol. The summed E-state index contributed by atoms with van der Waals surface area (Å²) < 4.78 is 0. The molecule has 4 rings (SSSR count). The van der Waals surface area contributed by atoms with Crippen molar-refractivity contribution in [1.82, 2.24) is 0 Å². The second-order valence-electron chi connectivity index (χ2n) is 7.81. The number of hydrogen-bond acceptors (Lipinski definition) is 0. The van der Waals surface area contributed by atoms with E-state index in [-0.39, 0.29) is 0 Å². The fourth-order valence-corrected chi connectivity index (χ4v) is 8.98. The van der Waals surface area contributed by atoms with E-state index < -0.39 is 0 Å². The maximum atomic E-state index is 2.39. The Kier molecular flexibility index (Phi) is 5.51. The molecular weight excluding hydrogens is 320 g/mol. The van der Waals surface area contributed by atoms with Crippen molar-refractivity contribution in [3.63, 3.8) is 0 Å². The molecule has 132 valence electrons. The van der Waals surface area contributed by atoms with Gasteiger partial charge in [0.05, 0.1) is 0 Å². The summed E-state index contributed by atoms with van der Waals surface area (Å²) >= 11 is 0. The Bertz CT molecular complexity index is 650. The van der Waals surface area contributed by atoms with Crippen LogP contribution in [0.1, 0.15) is 67.7 Å². The van der Waals surface area contributed by atoms with E-state index in [0.717, 1.165) is 22.3 Å². The molecular formula is C24H31S+. The SMILES string of the molecule is CCC[S+]1[C@@H](c2ccccc2)C[C@@H](c2ccccc2)[C@H]2CCCC[C@H]21. The van der Waals surface area contributed by atoms with Crippen LogP contribution >= 0.6 is 0 Å². The minimum atomic E-state index is 0.556. The van der Waals surface area contributed by atoms with E-state index in [2.05, 4.69) is 67.6 Å². The van der Waals surface area contributed by atoms with Gasteiger partial charge in [0.1, 0.15) is 16.3 Å². The molecule has 1 aliphatic carbocycles. The minimum Gasteiger partial charge on any atom is -0.0622 e. The molecule has 25 heavy (non-hydrogen) atoms. The molecule has 1 heteroatoms. The highest BCUT2D eigenvalue weighted by atomic mass is 32.2. The van der Waals surface area contributed by atoms with Crippen molar-refractivity contribution >= 4 is 10.9 Å². The third-order valence-electron chi connectivity index (χ3n) is 6.33. The normalized spacial score (nSPS) is 32.1. The van der Waals surface area contributed by atoms with Crippen LogP contribution in [0.15, 0.2) is 60.7 Å². The van der Waals surface area contributed by atoms with Crippen molar-refractivity contribution in [1.29, 1.82) is 0 Å². The van der Waals surface area contributed by atoms with Crippen molar-refractivity contribution < 1.29 is 0 Å². The van der Waals surface area contributed by atoms with E-state index in [0.29, 0.717) is 10.9 Å². The van der Waals surface area contributed by atoms with Crippen LogP contribution in [0.25, 0.3) is 0 Å². The molecule has 5 atom stereocenters. The van der Waals surface area contributed by atoms with Gasteiger partial charge in [-0.25, -0.2) is 0 Å². The monoisotopic (exact) mass is 351 g/mol. The quantitative estimate of drug-likeness (QED) is 0.551. The van der Waals surface area contributed by atoms with Gasteiger partial charge in [-0.1, -0.05) is 74.0 Å². The first-order valence-electron chi connectivity index (χ1n) is 10.2. The lowest BCUT2D eigenvalue weighted by Crippen LogP contribution is -2.45. The molecule has 2 aromatic carbocycles. The number of hydrogen-bond donors (Lipinski definition) is 0. The highest BCUT2D eigenvalue weighted by Gasteiger charge is 2.52. The van der Waals surface area contributed by atoms with Gasteiger partial charge in [0.25, 0.3) is 0 Å². The Balaban J connectivity index is 1.72. The molecule has 0 aromatic heterocycles. The molecule has 1 heterocycles. The number of benzene rings is 2. The molecule has 1 unspecified atom stereocenters. The van der Waals surface area contributed by atoms with Gasteiger partial charge in [-0.2, -0.15) is 0 Å². The molecule has 0 amide bonds. The summed E-state index contributed by atoms with van der Waals surface area (Å²) in [5, 5.41) is 1.73. The van der Waals surface area contributed by atoms with Gasteiger partial charge in [0, 0.05) is 17.9 Å².